The summed E-state index contributed by atoms with van der Waals surface area (Å²) in [7, 11) is 0. The first-order chi connectivity index (χ1) is 27.2. The summed E-state index contributed by atoms with van der Waals surface area (Å²) in [5.41, 5.74) is 8.18. The van der Waals surface area contributed by atoms with E-state index in [0.29, 0.717) is 63.4 Å². The molecule has 0 bridgehead atoms. The minimum atomic E-state index is -0.933. The van der Waals surface area contributed by atoms with Crippen LogP contribution < -0.4 is 16.9 Å². The lowest BCUT2D eigenvalue weighted by Gasteiger charge is -2.34. The van der Waals surface area contributed by atoms with Crippen LogP contribution in [-0.4, -0.2) is 136 Å². The number of para-hydroxylation sites is 1. The zero-order chi connectivity index (χ0) is 41.5. The number of carbonyl (C=O) groups is 6. The third kappa shape index (κ3) is 14.7. The Morgan fingerprint density at radius 2 is 1.51 bits per heavy atom. The van der Waals surface area contributed by atoms with Gasteiger partial charge in [0.25, 0.3) is 17.7 Å². The Labute approximate surface area is 344 Å². The number of hydroxylamine groups is 2. The monoisotopic (exact) mass is 831 g/mol. The number of unbranched alkanes of at least 4 members (excludes halogenated alkanes) is 1. The predicted molar refractivity (Wildman–Crippen MR) is 218 cm³/mol. The van der Waals surface area contributed by atoms with Crippen molar-refractivity contribution in [3.05, 3.63) is 30.1 Å². The van der Waals surface area contributed by atoms with Crippen molar-refractivity contribution in [1.82, 2.24) is 34.7 Å². The zero-order valence-corrected chi connectivity index (χ0v) is 33.0. The Bertz CT molecular complexity index is 1870. The van der Waals surface area contributed by atoms with Gasteiger partial charge < -0.3 is 44.5 Å². The number of ether oxygens (including phenoxy) is 3. The molecule has 328 valence electrons. The number of anilines is 1. The molecule has 0 spiro atoms. The number of rotatable bonds is 16. The number of imidazole rings is 1. The van der Waals surface area contributed by atoms with E-state index in [-0.39, 0.29) is 46.2 Å². The summed E-state index contributed by atoms with van der Waals surface area (Å²) in [6.45, 7) is 9.84. The predicted octanol–water partition coefficient (Wildman–Crippen LogP) is 2.49. The zero-order valence-electron chi connectivity index (χ0n) is 33.0. The maximum Gasteiger partial charge on any atom is 0.358 e. The molecule has 0 atom stereocenters. The second-order valence-electron chi connectivity index (χ2n) is 14.1. The number of nitrogens with one attached hydrogen (secondary N) is 1. The van der Waals surface area contributed by atoms with Crippen LogP contribution in [0, 0.1) is 0 Å². The van der Waals surface area contributed by atoms with Gasteiger partial charge in [0.2, 0.25) is 0 Å². The van der Waals surface area contributed by atoms with Crippen LogP contribution in [0.1, 0.15) is 74.1 Å². The van der Waals surface area contributed by atoms with Gasteiger partial charge in [0.15, 0.2) is 5.82 Å². The van der Waals surface area contributed by atoms with Gasteiger partial charge in [-0.2, -0.15) is 0 Å². The minimum absolute atomic E-state index is 0. The molecule has 2 aliphatic heterocycles. The van der Waals surface area contributed by atoms with Gasteiger partial charge in [0, 0.05) is 63.9 Å². The highest BCUT2D eigenvalue weighted by atomic mass is 16.7. The van der Waals surface area contributed by atoms with Gasteiger partial charge in [-0.05, 0) is 33.3 Å². The van der Waals surface area contributed by atoms with E-state index in [1.165, 1.54) is 0 Å². The Morgan fingerprint density at radius 3 is 2.15 bits per heavy atom. The number of amides is 5. The summed E-state index contributed by atoms with van der Waals surface area (Å²) in [6.07, 6.45) is 2.99. The number of urea groups is 1. The molecule has 2 fully saturated rings. The van der Waals surface area contributed by atoms with Crippen molar-refractivity contribution in [3.8, 4) is 0 Å². The largest absolute Gasteiger partial charge is 0.458 e. The van der Waals surface area contributed by atoms with Crippen molar-refractivity contribution in [1.29, 1.82) is 0 Å². The number of imide groups is 1. The Kier molecular flexibility index (Phi) is 20.1. The highest BCUT2D eigenvalue weighted by molar-refractivity contribution is 6.06. The molecule has 20 nitrogen and oxygen atoms in total. The lowest BCUT2D eigenvalue weighted by atomic mass is 10.2. The van der Waals surface area contributed by atoms with Gasteiger partial charge in [0.05, 0.1) is 24.2 Å². The molecule has 5 N–H and O–H groups in total. The van der Waals surface area contributed by atoms with Crippen LogP contribution in [0.4, 0.5) is 10.6 Å². The maximum atomic E-state index is 12.4. The summed E-state index contributed by atoms with van der Waals surface area (Å²) in [5, 5.41) is 4.32. The van der Waals surface area contributed by atoms with Crippen LogP contribution >= 0.6 is 0 Å². The fraction of sp³-hybridized carbons (Fsp3) is 0.590. The summed E-state index contributed by atoms with van der Waals surface area (Å²) in [5.74, 6) is 3.50. The molecule has 0 saturated carbocycles. The number of pyridine rings is 1. The van der Waals surface area contributed by atoms with Crippen LogP contribution in [0.3, 0.4) is 0 Å². The number of benzene rings is 1. The highest BCUT2D eigenvalue weighted by Crippen LogP contribution is 2.29. The summed E-state index contributed by atoms with van der Waals surface area (Å²) in [6, 6.07) is 7.79. The molecule has 2 aliphatic rings. The number of nitrogens with two attached hydrogens (primary N) is 2. The molecule has 0 aliphatic carbocycles. The first-order valence-electron chi connectivity index (χ1n) is 18.8. The van der Waals surface area contributed by atoms with Crippen LogP contribution in [-0.2, 0) is 60.8 Å². The van der Waals surface area contributed by atoms with Crippen molar-refractivity contribution in [2.24, 2.45) is 5.90 Å². The number of nitrogens with zero attached hydrogens (tertiary/aromatic N) is 6. The number of aryl methyl sites for hydroxylation is 1. The molecule has 0 radical (unpaired) electrons. The quantitative estimate of drug-likeness (QED) is 0.0812. The first-order valence-corrected chi connectivity index (χ1v) is 18.8. The van der Waals surface area contributed by atoms with Crippen molar-refractivity contribution >= 4 is 63.4 Å². The number of carbonyl (C=O) groups excluding carboxylic acids is 6. The number of esters is 1. The number of nitrogen functional groups attached to an aromatic ring is 1. The number of hydrogen-bond donors (Lipinski definition) is 3. The number of piperazine rings is 1. The molecule has 59 heavy (non-hydrogen) atoms. The Balaban J connectivity index is 0.000000466. The van der Waals surface area contributed by atoms with Crippen molar-refractivity contribution in [2.75, 3.05) is 71.5 Å². The second kappa shape index (κ2) is 23.8. The SMILES string of the molecule is C.C.CC(C)(C)OC(=O)COCC(=O)ON1C(=O)CCC1=O.CCCCc1nc2c(N)nc3ccccc3c2n1CCOCCNC(=O)N1CCN(C(=O)CON)CC1. The van der Waals surface area contributed by atoms with Crippen LogP contribution in [0.15, 0.2) is 24.3 Å². The molecule has 4 heterocycles. The molecule has 5 amide bonds. The molecule has 3 aromatic rings. The van der Waals surface area contributed by atoms with E-state index in [4.69, 9.17) is 30.8 Å². The normalized spacial score (nSPS) is 14.0. The van der Waals surface area contributed by atoms with Crippen molar-refractivity contribution in [2.45, 2.75) is 86.8 Å². The third-order valence-electron chi connectivity index (χ3n) is 8.61. The summed E-state index contributed by atoms with van der Waals surface area (Å²) >= 11 is 0. The molecule has 2 aromatic heterocycles. The van der Waals surface area contributed by atoms with E-state index in [0.717, 1.165) is 47.0 Å². The van der Waals surface area contributed by atoms with Gasteiger partial charge in [-0.15, -0.1) is 5.06 Å². The third-order valence-corrected chi connectivity index (χ3v) is 8.61. The first kappa shape index (κ1) is 49.7. The molecular weight excluding hydrogens is 770 g/mol. The molecule has 2 saturated heterocycles. The fourth-order valence-electron chi connectivity index (χ4n) is 5.97. The van der Waals surface area contributed by atoms with Gasteiger partial charge >= 0.3 is 18.0 Å². The van der Waals surface area contributed by atoms with Gasteiger partial charge in [-0.3, -0.25) is 19.2 Å². The van der Waals surface area contributed by atoms with Crippen molar-refractivity contribution in [3.63, 3.8) is 0 Å². The molecule has 5 rings (SSSR count). The fourth-order valence-corrected chi connectivity index (χ4v) is 5.97. The van der Waals surface area contributed by atoms with E-state index < -0.39 is 42.6 Å². The van der Waals surface area contributed by atoms with Crippen LogP contribution in [0.5, 0.6) is 0 Å². The van der Waals surface area contributed by atoms with Gasteiger partial charge in [-0.1, -0.05) is 46.4 Å². The molecular formula is C39H61N9O11. The van der Waals surface area contributed by atoms with E-state index in [1.807, 2.05) is 24.3 Å². The Hall–Kier alpha value is -5.44. The average molecular weight is 832 g/mol. The molecule has 0 unspecified atom stereocenters. The van der Waals surface area contributed by atoms with E-state index in [2.05, 4.69) is 31.5 Å². The van der Waals surface area contributed by atoms with Crippen LogP contribution in [0.25, 0.3) is 21.9 Å². The molecule has 1 aromatic carbocycles. The number of aromatic nitrogens is 3. The Morgan fingerprint density at radius 1 is 0.864 bits per heavy atom. The second-order valence-corrected chi connectivity index (χ2v) is 14.1. The minimum Gasteiger partial charge on any atom is -0.458 e. The number of fused-ring (bicyclic) bond motifs is 3. The smallest absolute Gasteiger partial charge is 0.358 e. The van der Waals surface area contributed by atoms with E-state index >= 15 is 0 Å². The highest BCUT2D eigenvalue weighted by Gasteiger charge is 2.33. The maximum absolute atomic E-state index is 12.4. The van der Waals surface area contributed by atoms with E-state index in [1.54, 1.807) is 30.6 Å². The van der Waals surface area contributed by atoms with Crippen LogP contribution in [0.2, 0.25) is 0 Å². The van der Waals surface area contributed by atoms with Gasteiger partial charge in [0.1, 0.15) is 36.8 Å². The summed E-state index contributed by atoms with van der Waals surface area (Å²) < 4.78 is 17.8. The van der Waals surface area contributed by atoms with E-state index in [9.17, 15) is 28.8 Å². The number of hydrogen-bond acceptors (Lipinski definition) is 15. The molecule has 20 heteroatoms. The average Bonchev–Trinajstić information content (AvgIpc) is 3.70. The summed E-state index contributed by atoms with van der Waals surface area (Å²) in [4.78, 5) is 90.8. The lowest BCUT2D eigenvalue weighted by Crippen LogP contribution is -2.54. The van der Waals surface area contributed by atoms with Crippen molar-refractivity contribution < 1.29 is 52.7 Å². The van der Waals surface area contributed by atoms with Gasteiger partial charge in [-0.25, -0.2) is 30.2 Å². The topological polar surface area (TPSA) is 253 Å². The lowest BCUT2D eigenvalue weighted by molar-refractivity contribution is -0.201. The standard InChI is InChI=1S/C25H36N8O4.C12H17NO7.2CH4/c1-2-3-8-20-30-22-23(18-6-4-5-7-19(18)29-24(22)26)33(20)14-16-36-15-9-28-25(35)32-12-10-31(11-13-32)21(34)17-37-27;1-12(2,3)19-10(16)6-18-7-11(17)20-13-8(14)4-5-9(13)15;;/h4-7H,2-3,8-17,27H2,1H3,(H2,26,29)(H,28,35);4-7H2,1-3H3;2*1H4.